The lowest BCUT2D eigenvalue weighted by atomic mass is 10.0. The number of hydrogen-bond acceptors (Lipinski definition) is 3. The number of amides is 1. The first-order chi connectivity index (χ1) is 11.5. The fraction of sp³-hybridized carbons (Fsp3) is 0.200. The summed E-state index contributed by atoms with van der Waals surface area (Å²) in [7, 11) is 0. The summed E-state index contributed by atoms with van der Waals surface area (Å²) in [5.41, 5.74) is 4.37. The van der Waals surface area contributed by atoms with Crippen LogP contribution in [0.2, 0.25) is 0 Å². The van der Waals surface area contributed by atoms with Crippen LogP contribution in [0.3, 0.4) is 0 Å². The molecule has 0 saturated heterocycles. The second-order valence-electron chi connectivity index (χ2n) is 6.08. The number of benzene rings is 2. The van der Waals surface area contributed by atoms with Gasteiger partial charge < -0.3 is 0 Å². The average molecular weight is 336 g/mol. The molecule has 3 nitrogen and oxygen atoms in total. The highest BCUT2D eigenvalue weighted by molar-refractivity contribution is 7.22. The van der Waals surface area contributed by atoms with Gasteiger partial charge in [-0.05, 0) is 41.7 Å². The summed E-state index contributed by atoms with van der Waals surface area (Å²) in [4.78, 5) is 16.6. The fourth-order valence-corrected chi connectivity index (χ4v) is 3.40. The number of aromatic nitrogens is 1. The van der Waals surface area contributed by atoms with Gasteiger partial charge >= 0.3 is 0 Å². The quantitative estimate of drug-likeness (QED) is 0.650. The zero-order chi connectivity index (χ0) is 17.1. The highest BCUT2D eigenvalue weighted by Gasteiger charge is 2.07. The second-order valence-corrected chi connectivity index (χ2v) is 7.12. The molecule has 3 rings (SSSR count). The lowest BCUT2D eigenvalue weighted by Gasteiger charge is -2.04. The van der Waals surface area contributed by atoms with E-state index in [4.69, 9.17) is 0 Å². The Bertz CT molecular complexity index is 892. The standard InChI is InChI=1S/C20H20N2OS/c1-13(2)16-10-7-15(8-11-16)9-12-18(23)21-20-22-19-14(3)5-4-6-17(19)24-20/h4-13H,1-3H3,(H,21,22,23)/b12-9+. The van der Waals surface area contributed by atoms with Crippen LogP contribution in [0, 0.1) is 6.92 Å². The first kappa shape index (κ1) is 16.4. The maximum atomic E-state index is 12.1. The number of nitrogens with one attached hydrogen (secondary N) is 1. The molecule has 4 heteroatoms. The Labute approximate surface area is 146 Å². The third kappa shape index (κ3) is 3.71. The number of anilines is 1. The molecule has 0 aliphatic carbocycles. The van der Waals surface area contributed by atoms with Crippen LogP contribution in [-0.2, 0) is 4.79 Å². The van der Waals surface area contributed by atoms with Crippen molar-refractivity contribution in [3.05, 3.63) is 65.2 Å². The van der Waals surface area contributed by atoms with E-state index in [2.05, 4.69) is 36.3 Å². The minimum Gasteiger partial charge on any atom is -0.298 e. The van der Waals surface area contributed by atoms with Crippen molar-refractivity contribution in [1.82, 2.24) is 4.98 Å². The molecule has 0 radical (unpaired) electrons. The molecule has 122 valence electrons. The highest BCUT2D eigenvalue weighted by Crippen LogP contribution is 2.27. The van der Waals surface area contributed by atoms with Crippen molar-refractivity contribution < 1.29 is 4.79 Å². The predicted octanol–water partition coefficient (Wildman–Crippen LogP) is 5.38. The molecular weight excluding hydrogens is 316 g/mol. The van der Waals surface area contributed by atoms with Crippen molar-refractivity contribution >= 4 is 38.7 Å². The number of rotatable bonds is 4. The lowest BCUT2D eigenvalue weighted by molar-refractivity contribution is -0.111. The molecule has 1 N–H and O–H groups in total. The Balaban J connectivity index is 1.69. The molecule has 1 amide bonds. The first-order valence-electron chi connectivity index (χ1n) is 7.98. The van der Waals surface area contributed by atoms with Gasteiger partial charge in [-0.3, -0.25) is 10.1 Å². The SMILES string of the molecule is Cc1cccc2sc(NC(=O)/C=C/c3ccc(C(C)C)cc3)nc12. The molecule has 0 aliphatic heterocycles. The smallest absolute Gasteiger partial charge is 0.250 e. The maximum Gasteiger partial charge on any atom is 0.250 e. The fourth-order valence-electron chi connectivity index (χ4n) is 2.45. The van der Waals surface area contributed by atoms with Crippen molar-refractivity contribution in [2.75, 3.05) is 5.32 Å². The molecule has 0 fully saturated rings. The largest absolute Gasteiger partial charge is 0.298 e. The minimum absolute atomic E-state index is 0.167. The molecule has 0 atom stereocenters. The predicted molar refractivity (Wildman–Crippen MR) is 103 cm³/mol. The number of fused-ring (bicyclic) bond motifs is 1. The van der Waals surface area contributed by atoms with Crippen LogP contribution in [0.1, 0.15) is 36.5 Å². The average Bonchev–Trinajstić information content (AvgIpc) is 2.97. The van der Waals surface area contributed by atoms with Crippen LogP contribution in [0.5, 0.6) is 0 Å². The van der Waals surface area contributed by atoms with Gasteiger partial charge in [-0.2, -0.15) is 0 Å². The van der Waals surface area contributed by atoms with Crippen molar-refractivity contribution in [2.45, 2.75) is 26.7 Å². The summed E-state index contributed by atoms with van der Waals surface area (Å²) in [6, 6.07) is 14.3. The first-order valence-corrected chi connectivity index (χ1v) is 8.80. The van der Waals surface area contributed by atoms with Crippen molar-refractivity contribution in [3.8, 4) is 0 Å². The van der Waals surface area contributed by atoms with E-state index in [0.717, 1.165) is 21.3 Å². The van der Waals surface area contributed by atoms with Crippen LogP contribution < -0.4 is 5.32 Å². The molecule has 0 aliphatic rings. The molecule has 0 saturated carbocycles. The Morgan fingerprint density at radius 3 is 2.58 bits per heavy atom. The van der Waals surface area contributed by atoms with Crippen LogP contribution in [-0.4, -0.2) is 10.9 Å². The third-order valence-corrected chi connectivity index (χ3v) is 4.82. The molecular formula is C20H20N2OS. The molecule has 3 aromatic rings. The van der Waals surface area contributed by atoms with Gasteiger partial charge in [0.1, 0.15) is 0 Å². The van der Waals surface area contributed by atoms with Crippen LogP contribution in [0.4, 0.5) is 5.13 Å². The Hall–Kier alpha value is -2.46. The number of nitrogens with zero attached hydrogens (tertiary/aromatic N) is 1. The molecule has 0 spiro atoms. The van der Waals surface area contributed by atoms with E-state index in [9.17, 15) is 4.79 Å². The van der Waals surface area contributed by atoms with Gasteiger partial charge in [-0.1, -0.05) is 61.6 Å². The minimum atomic E-state index is -0.167. The zero-order valence-electron chi connectivity index (χ0n) is 14.0. The Morgan fingerprint density at radius 1 is 1.17 bits per heavy atom. The monoisotopic (exact) mass is 336 g/mol. The zero-order valence-corrected chi connectivity index (χ0v) is 14.9. The van der Waals surface area contributed by atoms with Gasteiger partial charge in [0.2, 0.25) is 5.91 Å². The summed E-state index contributed by atoms with van der Waals surface area (Å²) in [6.07, 6.45) is 3.36. The number of thiazole rings is 1. The lowest BCUT2D eigenvalue weighted by Crippen LogP contribution is -2.07. The van der Waals surface area contributed by atoms with Crippen LogP contribution >= 0.6 is 11.3 Å². The van der Waals surface area contributed by atoms with Crippen LogP contribution in [0.25, 0.3) is 16.3 Å². The number of carbonyl (C=O) groups is 1. The molecule has 0 bridgehead atoms. The molecule has 24 heavy (non-hydrogen) atoms. The Morgan fingerprint density at radius 2 is 1.92 bits per heavy atom. The summed E-state index contributed by atoms with van der Waals surface area (Å²) in [6.45, 7) is 6.35. The number of carbonyl (C=O) groups excluding carboxylic acids is 1. The van der Waals surface area contributed by atoms with Gasteiger partial charge in [0.05, 0.1) is 10.2 Å². The van der Waals surface area contributed by atoms with E-state index < -0.39 is 0 Å². The normalized spacial score (nSPS) is 11.5. The third-order valence-electron chi connectivity index (χ3n) is 3.88. The highest BCUT2D eigenvalue weighted by atomic mass is 32.1. The van der Waals surface area contributed by atoms with Gasteiger partial charge in [-0.25, -0.2) is 4.98 Å². The summed E-state index contributed by atoms with van der Waals surface area (Å²) in [5, 5.41) is 3.47. The van der Waals surface area contributed by atoms with E-state index in [-0.39, 0.29) is 5.91 Å². The van der Waals surface area contributed by atoms with E-state index in [1.54, 1.807) is 6.08 Å². The topological polar surface area (TPSA) is 42.0 Å². The Kier molecular flexibility index (Phi) is 4.76. The number of para-hydroxylation sites is 1. The molecule has 1 heterocycles. The van der Waals surface area contributed by atoms with E-state index >= 15 is 0 Å². The van der Waals surface area contributed by atoms with Gasteiger partial charge in [0.15, 0.2) is 5.13 Å². The van der Waals surface area contributed by atoms with E-state index in [1.807, 2.05) is 43.3 Å². The van der Waals surface area contributed by atoms with Crippen LogP contribution in [0.15, 0.2) is 48.5 Å². The van der Waals surface area contributed by atoms with Crippen molar-refractivity contribution in [2.24, 2.45) is 0 Å². The van der Waals surface area contributed by atoms with Crippen molar-refractivity contribution in [1.29, 1.82) is 0 Å². The second kappa shape index (κ2) is 6.97. The summed E-state index contributed by atoms with van der Waals surface area (Å²) < 4.78 is 1.08. The number of aryl methyl sites for hydroxylation is 1. The summed E-state index contributed by atoms with van der Waals surface area (Å²) in [5.74, 6) is 0.341. The number of hydrogen-bond donors (Lipinski definition) is 1. The van der Waals surface area contributed by atoms with Gasteiger partial charge in [0, 0.05) is 6.08 Å². The maximum absolute atomic E-state index is 12.1. The molecule has 0 unspecified atom stereocenters. The van der Waals surface area contributed by atoms with Gasteiger partial charge in [-0.15, -0.1) is 0 Å². The summed E-state index contributed by atoms with van der Waals surface area (Å²) >= 11 is 1.49. The van der Waals surface area contributed by atoms with E-state index in [1.165, 1.54) is 16.9 Å². The molecule has 1 aromatic heterocycles. The van der Waals surface area contributed by atoms with Gasteiger partial charge in [0.25, 0.3) is 0 Å². The molecule has 2 aromatic carbocycles. The van der Waals surface area contributed by atoms with E-state index in [0.29, 0.717) is 11.0 Å². The van der Waals surface area contributed by atoms with Crippen molar-refractivity contribution in [3.63, 3.8) is 0 Å².